The molecule has 2 rings (SSSR count). The van der Waals surface area contributed by atoms with Crippen LogP contribution >= 0.6 is 11.6 Å². The zero-order valence-electron chi connectivity index (χ0n) is 10.6. The van der Waals surface area contributed by atoms with Gasteiger partial charge in [0.1, 0.15) is 18.2 Å². The summed E-state index contributed by atoms with van der Waals surface area (Å²) >= 11 is 5.91. The number of halogens is 2. The number of carbonyl (C=O) groups excluding carboxylic acids is 1. The monoisotopic (exact) mass is 293 g/mol. The minimum Gasteiger partial charge on any atom is -0.489 e. The van der Waals surface area contributed by atoms with Crippen molar-refractivity contribution >= 4 is 17.4 Å². The Bertz CT molecular complexity index is 611. The van der Waals surface area contributed by atoms with Crippen molar-refractivity contribution in [2.24, 2.45) is 5.73 Å². The highest BCUT2D eigenvalue weighted by Crippen LogP contribution is 2.22. The van der Waals surface area contributed by atoms with E-state index in [1.807, 2.05) is 0 Å². The second kappa shape index (κ2) is 6.50. The Morgan fingerprint density at radius 3 is 2.70 bits per heavy atom. The Balaban J connectivity index is 2.13. The van der Waals surface area contributed by atoms with Crippen molar-refractivity contribution in [2.75, 3.05) is 6.54 Å². The van der Waals surface area contributed by atoms with E-state index in [2.05, 4.69) is 0 Å². The van der Waals surface area contributed by atoms with E-state index in [4.69, 9.17) is 22.1 Å². The first-order chi connectivity index (χ1) is 9.61. The van der Waals surface area contributed by atoms with Crippen LogP contribution in [-0.4, -0.2) is 12.3 Å². The van der Waals surface area contributed by atoms with Crippen LogP contribution in [0.5, 0.6) is 5.75 Å². The van der Waals surface area contributed by atoms with Gasteiger partial charge in [0.2, 0.25) is 0 Å². The van der Waals surface area contributed by atoms with Crippen LogP contribution in [0, 0.1) is 5.82 Å². The molecule has 0 aliphatic heterocycles. The molecule has 5 heteroatoms. The molecular formula is C15H13ClFNO2. The molecule has 0 unspecified atom stereocenters. The number of ether oxygens (including phenoxy) is 1. The molecule has 3 nitrogen and oxygen atoms in total. The van der Waals surface area contributed by atoms with E-state index >= 15 is 0 Å². The first kappa shape index (κ1) is 14.5. The summed E-state index contributed by atoms with van der Waals surface area (Å²) in [6.45, 7) is -0.0750. The van der Waals surface area contributed by atoms with E-state index in [-0.39, 0.29) is 24.5 Å². The Kier molecular flexibility index (Phi) is 4.71. The number of Topliss-reactive ketones (excluding diaryl/α,β-unsaturated/α-hetero) is 1. The lowest BCUT2D eigenvalue weighted by Gasteiger charge is -2.09. The molecule has 20 heavy (non-hydrogen) atoms. The Morgan fingerprint density at radius 1 is 1.25 bits per heavy atom. The molecule has 0 radical (unpaired) electrons. The summed E-state index contributed by atoms with van der Waals surface area (Å²) in [6, 6.07) is 11.0. The van der Waals surface area contributed by atoms with E-state index in [1.165, 1.54) is 12.1 Å². The van der Waals surface area contributed by atoms with Gasteiger partial charge in [-0.25, -0.2) is 4.39 Å². The van der Waals surface area contributed by atoms with E-state index < -0.39 is 5.82 Å². The molecule has 2 aromatic carbocycles. The smallest absolute Gasteiger partial charge is 0.176 e. The van der Waals surface area contributed by atoms with Gasteiger partial charge in [-0.3, -0.25) is 4.79 Å². The highest BCUT2D eigenvalue weighted by molar-refractivity contribution is 6.31. The molecule has 0 spiro atoms. The highest BCUT2D eigenvalue weighted by Gasteiger charge is 2.09. The predicted molar refractivity (Wildman–Crippen MR) is 75.6 cm³/mol. The maximum atomic E-state index is 13.6. The van der Waals surface area contributed by atoms with Crippen molar-refractivity contribution in [3.8, 4) is 5.75 Å². The normalized spacial score (nSPS) is 10.3. The van der Waals surface area contributed by atoms with Crippen LogP contribution in [0.15, 0.2) is 42.5 Å². The van der Waals surface area contributed by atoms with Crippen molar-refractivity contribution in [1.29, 1.82) is 0 Å². The van der Waals surface area contributed by atoms with E-state index in [0.717, 1.165) is 0 Å². The number of hydrogen-bond acceptors (Lipinski definition) is 3. The third-order valence-electron chi connectivity index (χ3n) is 2.79. The van der Waals surface area contributed by atoms with Gasteiger partial charge in [0.05, 0.1) is 11.6 Å². The van der Waals surface area contributed by atoms with Gasteiger partial charge in [-0.1, -0.05) is 29.8 Å². The summed E-state index contributed by atoms with van der Waals surface area (Å²) in [4.78, 5) is 11.5. The lowest BCUT2D eigenvalue weighted by molar-refractivity contribution is 0.100. The second-order valence-electron chi connectivity index (χ2n) is 4.14. The highest BCUT2D eigenvalue weighted by atomic mass is 35.5. The van der Waals surface area contributed by atoms with Crippen molar-refractivity contribution in [3.05, 3.63) is 64.4 Å². The molecule has 0 aliphatic rings. The summed E-state index contributed by atoms with van der Waals surface area (Å²) in [6.07, 6.45) is 0. The van der Waals surface area contributed by atoms with Gasteiger partial charge in [-0.15, -0.1) is 0 Å². The SMILES string of the molecule is NCC(=O)c1cccc(OCc2c(F)cccc2Cl)c1. The molecule has 0 bridgehead atoms. The van der Waals surface area contributed by atoms with Crippen LogP contribution in [0.4, 0.5) is 4.39 Å². The minimum absolute atomic E-state index is 0.00816. The summed E-state index contributed by atoms with van der Waals surface area (Å²) < 4.78 is 19.1. The topological polar surface area (TPSA) is 52.3 Å². The molecule has 0 aromatic heterocycles. The third kappa shape index (κ3) is 3.35. The lowest BCUT2D eigenvalue weighted by Crippen LogP contribution is -2.13. The number of hydrogen-bond donors (Lipinski definition) is 1. The van der Waals surface area contributed by atoms with Crippen LogP contribution in [0.2, 0.25) is 5.02 Å². The average molecular weight is 294 g/mol. The van der Waals surface area contributed by atoms with Crippen LogP contribution in [0.1, 0.15) is 15.9 Å². The predicted octanol–water partition coefficient (Wildman–Crippen LogP) is 3.20. The van der Waals surface area contributed by atoms with Gasteiger partial charge in [-0.05, 0) is 24.3 Å². The number of carbonyl (C=O) groups is 1. The Hall–Kier alpha value is -1.91. The summed E-state index contributed by atoms with van der Waals surface area (Å²) in [5, 5.41) is 0.305. The maximum Gasteiger partial charge on any atom is 0.176 e. The maximum absolute atomic E-state index is 13.6. The quantitative estimate of drug-likeness (QED) is 0.861. The molecule has 0 atom stereocenters. The molecule has 0 amide bonds. The van der Waals surface area contributed by atoms with E-state index in [9.17, 15) is 9.18 Å². The number of nitrogens with two attached hydrogens (primary N) is 1. The average Bonchev–Trinajstić information content (AvgIpc) is 2.46. The molecule has 2 aromatic rings. The van der Waals surface area contributed by atoms with Crippen molar-refractivity contribution in [3.63, 3.8) is 0 Å². The first-order valence-corrected chi connectivity index (χ1v) is 6.38. The van der Waals surface area contributed by atoms with Crippen LogP contribution < -0.4 is 10.5 Å². The van der Waals surface area contributed by atoms with Crippen LogP contribution in [-0.2, 0) is 6.61 Å². The fraction of sp³-hybridized carbons (Fsp3) is 0.133. The van der Waals surface area contributed by atoms with Gasteiger partial charge in [0, 0.05) is 11.1 Å². The van der Waals surface area contributed by atoms with Crippen molar-refractivity contribution < 1.29 is 13.9 Å². The van der Waals surface area contributed by atoms with Gasteiger partial charge < -0.3 is 10.5 Å². The largest absolute Gasteiger partial charge is 0.489 e. The molecule has 0 saturated heterocycles. The van der Waals surface area contributed by atoms with Crippen molar-refractivity contribution in [1.82, 2.24) is 0 Å². The fourth-order valence-electron chi connectivity index (χ4n) is 1.70. The Morgan fingerprint density at radius 2 is 2.00 bits per heavy atom. The number of ketones is 1. The molecule has 0 fully saturated rings. The first-order valence-electron chi connectivity index (χ1n) is 6.01. The number of rotatable bonds is 5. The van der Waals surface area contributed by atoms with Gasteiger partial charge >= 0.3 is 0 Å². The van der Waals surface area contributed by atoms with Gasteiger partial charge in [-0.2, -0.15) is 0 Å². The van der Waals surface area contributed by atoms with Gasteiger partial charge in [0.25, 0.3) is 0 Å². The summed E-state index contributed by atoms with van der Waals surface area (Å²) in [5.41, 5.74) is 6.05. The lowest BCUT2D eigenvalue weighted by atomic mass is 10.1. The standard InChI is InChI=1S/C15H13ClFNO2/c16-13-5-2-6-14(17)12(13)9-20-11-4-1-3-10(7-11)15(19)8-18/h1-7H,8-9,18H2. The fourth-order valence-corrected chi connectivity index (χ4v) is 1.92. The van der Waals surface area contributed by atoms with E-state index in [0.29, 0.717) is 16.3 Å². The molecule has 2 N–H and O–H groups in total. The zero-order chi connectivity index (χ0) is 14.5. The van der Waals surface area contributed by atoms with Crippen LogP contribution in [0.3, 0.4) is 0 Å². The van der Waals surface area contributed by atoms with Crippen molar-refractivity contribution in [2.45, 2.75) is 6.61 Å². The van der Waals surface area contributed by atoms with E-state index in [1.54, 1.807) is 30.3 Å². The minimum atomic E-state index is -0.424. The molecular weight excluding hydrogens is 281 g/mol. The zero-order valence-corrected chi connectivity index (χ0v) is 11.4. The van der Waals surface area contributed by atoms with Crippen LogP contribution in [0.25, 0.3) is 0 Å². The summed E-state index contributed by atoms with van der Waals surface area (Å²) in [7, 11) is 0. The molecule has 0 aliphatic carbocycles. The summed E-state index contributed by atoms with van der Waals surface area (Å²) in [5.74, 6) is -0.144. The van der Waals surface area contributed by atoms with Gasteiger partial charge in [0.15, 0.2) is 5.78 Å². The number of benzene rings is 2. The Labute approximate surface area is 121 Å². The third-order valence-corrected chi connectivity index (χ3v) is 3.14. The molecule has 0 saturated carbocycles. The molecule has 104 valence electrons. The second-order valence-corrected chi connectivity index (χ2v) is 4.55. The molecule has 0 heterocycles.